The third kappa shape index (κ3) is 5.00. The third-order valence-corrected chi connectivity index (χ3v) is 6.93. The molecule has 2 aliphatic rings. The number of likely N-dealkylation sites (N-methyl/N-ethyl adjacent to an activating group) is 1. The van der Waals surface area contributed by atoms with Crippen LogP contribution in [0.5, 0.6) is 5.75 Å². The largest absolute Gasteiger partial charge is 0.536 e. The summed E-state index contributed by atoms with van der Waals surface area (Å²) in [5, 5.41) is 14.9. The average molecular weight is 499 g/mol. The van der Waals surface area contributed by atoms with E-state index in [2.05, 4.69) is 10.3 Å². The summed E-state index contributed by atoms with van der Waals surface area (Å²) in [5.41, 5.74) is 7.73. The number of nitrogen functional groups attached to an aromatic ring is 1. The van der Waals surface area contributed by atoms with Gasteiger partial charge in [0.25, 0.3) is 0 Å². The standard InChI is InChI=1S/C22H26BN5O6S/c1-3-27-7-8-28(20(31)19(27)30)22(32)26-17(15-11-35-21(24)25-15)16(29)10-14-9-13-6-4-5-12(2)18(13)34-23(14)33/h4-6,11,14,17,33H,3,7-10H2,1-2H3,(H2,24,25)(H,26,32)/t14-,17?/m1/s1. The highest BCUT2D eigenvalue weighted by Crippen LogP contribution is 2.37. The maximum Gasteiger partial charge on any atom is 0.526 e. The number of benzene rings is 1. The molecule has 0 aliphatic carbocycles. The van der Waals surface area contributed by atoms with Crippen LogP contribution in [0.2, 0.25) is 5.82 Å². The number of fused-ring (bicyclic) bond motifs is 1. The Hall–Kier alpha value is -3.45. The molecule has 35 heavy (non-hydrogen) atoms. The first-order valence-electron chi connectivity index (χ1n) is 11.3. The van der Waals surface area contributed by atoms with E-state index in [1.54, 1.807) is 12.3 Å². The van der Waals surface area contributed by atoms with Gasteiger partial charge >= 0.3 is 25.0 Å². The van der Waals surface area contributed by atoms with Crippen molar-refractivity contribution in [1.29, 1.82) is 0 Å². The van der Waals surface area contributed by atoms with E-state index in [9.17, 15) is 24.2 Å². The third-order valence-electron chi connectivity index (χ3n) is 6.24. The Bertz CT molecular complexity index is 1170. The SMILES string of the molecule is CCN1CCN(C(=O)NC(C(=O)C[C@H]2Cc3cccc(C)c3OB2O)c2csc(N)n2)C(=O)C1=O. The van der Waals surface area contributed by atoms with Crippen molar-refractivity contribution in [2.75, 3.05) is 25.4 Å². The van der Waals surface area contributed by atoms with Crippen LogP contribution < -0.4 is 15.7 Å². The van der Waals surface area contributed by atoms with Gasteiger partial charge in [-0.2, -0.15) is 0 Å². The van der Waals surface area contributed by atoms with Crippen molar-refractivity contribution in [3.63, 3.8) is 0 Å². The van der Waals surface area contributed by atoms with Crippen LogP contribution in [0, 0.1) is 6.92 Å². The molecule has 0 spiro atoms. The molecule has 0 saturated carbocycles. The fraction of sp³-hybridized carbons (Fsp3) is 0.409. The van der Waals surface area contributed by atoms with Crippen molar-refractivity contribution in [1.82, 2.24) is 20.1 Å². The van der Waals surface area contributed by atoms with Crippen LogP contribution in [0.4, 0.5) is 9.93 Å². The number of aromatic nitrogens is 1. The van der Waals surface area contributed by atoms with Gasteiger partial charge in [0, 0.05) is 37.3 Å². The molecule has 4 rings (SSSR count). The Morgan fingerprint density at radius 1 is 1.34 bits per heavy atom. The number of amides is 4. The molecule has 2 aliphatic heterocycles. The fourth-order valence-corrected chi connectivity index (χ4v) is 4.90. The van der Waals surface area contributed by atoms with Crippen molar-refractivity contribution in [2.24, 2.45) is 0 Å². The van der Waals surface area contributed by atoms with Gasteiger partial charge in [0.15, 0.2) is 10.9 Å². The number of nitrogens with two attached hydrogens (primary N) is 1. The summed E-state index contributed by atoms with van der Waals surface area (Å²) in [7, 11) is -1.20. The summed E-state index contributed by atoms with van der Waals surface area (Å²) in [4.78, 5) is 57.2. The molecule has 3 heterocycles. The number of urea groups is 1. The quantitative estimate of drug-likeness (QED) is 0.392. The zero-order valence-corrected chi connectivity index (χ0v) is 20.2. The number of para-hydroxylation sites is 1. The molecule has 1 aromatic carbocycles. The number of Topliss-reactive ketones (excluding diaryl/α,β-unsaturated/α-hetero) is 1. The lowest BCUT2D eigenvalue weighted by Gasteiger charge is -2.33. The summed E-state index contributed by atoms with van der Waals surface area (Å²) in [6.07, 6.45) is 0.295. The number of piperazine rings is 1. The van der Waals surface area contributed by atoms with Gasteiger partial charge in [-0.3, -0.25) is 19.3 Å². The van der Waals surface area contributed by atoms with Crippen LogP contribution in [-0.4, -0.2) is 70.2 Å². The van der Waals surface area contributed by atoms with E-state index in [4.69, 9.17) is 10.4 Å². The number of thiazole rings is 1. The Morgan fingerprint density at radius 3 is 2.80 bits per heavy atom. The van der Waals surface area contributed by atoms with Crippen molar-refractivity contribution >= 4 is 47.2 Å². The monoisotopic (exact) mass is 499 g/mol. The van der Waals surface area contributed by atoms with Crippen molar-refractivity contribution in [3.8, 4) is 5.75 Å². The molecule has 0 radical (unpaired) electrons. The molecule has 1 unspecified atom stereocenters. The van der Waals surface area contributed by atoms with E-state index < -0.39 is 42.6 Å². The molecular weight excluding hydrogens is 473 g/mol. The number of anilines is 1. The van der Waals surface area contributed by atoms with Crippen LogP contribution in [0.25, 0.3) is 0 Å². The van der Waals surface area contributed by atoms with Gasteiger partial charge in [-0.05, 0) is 31.4 Å². The lowest BCUT2D eigenvalue weighted by atomic mass is 9.64. The van der Waals surface area contributed by atoms with Crippen LogP contribution >= 0.6 is 11.3 Å². The maximum absolute atomic E-state index is 13.4. The van der Waals surface area contributed by atoms with Gasteiger partial charge in [0.2, 0.25) is 0 Å². The average Bonchev–Trinajstić information content (AvgIpc) is 3.26. The maximum atomic E-state index is 13.4. The van der Waals surface area contributed by atoms with E-state index in [0.717, 1.165) is 27.4 Å². The summed E-state index contributed by atoms with van der Waals surface area (Å²) in [6, 6.07) is 3.55. The molecule has 13 heteroatoms. The van der Waals surface area contributed by atoms with Crippen molar-refractivity contribution in [2.45, 2.75) is 38.5 Å². The minimum Gasteiger partial charge on any atom is -0.536 e. The van der Waals surface area contributed by atoms with E-state index in [1.807, 2.05) is 25.1 Å². The zero-order valence-electron chi connectivity index (χ0n) is 19.4. The second-order valence-corrected chi connectivity index (χ2v) is 9.43. The smallest absolute Gasteiger partial charge is 0.526 e. The molecule has 184 valence electrons. The molecule has 4 amide bonds. The Morgan fingerprint density at radius 2 is 2.11 bits per heavy atom. The molecule has 4 N–H and O–H groups in total. The van der Waals surface area contributed by atoms with E-state index >= 15 is 0 Å². The molecule has 1 saturated heterocycles. The topological polar surface area (TPSA) is 155 Å². The van der Waals surface area contributed by atoms with Gasteiger partial charge in [-0.1, -0.05) is 18.2 Å². The van der Waals surface area contributed by atoms with Gasteiger partial charge in [0.05, 0.1) is 5.69 Å². The molecule has 11 nitrogen and oxygen atoms in total. The Balaban J connectivity index is 1.51. The second-order valence-electron chi connectivity index (χ2n) is 8.54. The second kappa shape index (κ2) is 10.0. The zero-order chi connectivity index (χ0) is 25.3. The van der Waals surface area contributed by atoms with Crippen LogP contribution in [0.1, 0.15) is 36.2 Å². The molecule has 0 bridgehead atoms. The number of nitrogens with one attached hydrogen (secondary N) is 1. The highest BCUT2D eigenvalue weighted by Gasteiger charge is 2.40. The summed E-state index contributed by atoms with van der Waals surface area (Å²) < 4.78 is 5.68. The van der Waals surface area contributed by atoms with Gasteiger partial charge in [0.1, 0.15) is 11.8 Å². The number of carbonyl (C=O) groups is 4. The summed E-state index contributed by atoms with van der Waals surface area (Å²) >= 11 is 1.10. The van der Waals surface area contributed by atoms with Crippen molar-refractivity contribution < 1.29 is 28.9 Å². The number of nitrogens with zero attached hydrogens (tertiary/aromatic N) is 3. The normalized spacial score (nSPS) is 18.7. The number of aryl methyl sites for hydroxylation is 1. The number of ketones is 1. The molecule has 2 aromatic rings. The molecular formula is C22H26BN5O6S. The highest BCUT2D eigenvalue weighted by atomic mass is 32.1. The van der Waals surface area contributed by atoms with Gasteiger partial charge in [-0.15, -0.1) is 11.3 Å². The predicted octanol–water partition coefficient (Wildman–Crippen LogP) is 0.920. The molecule has 2 atom stereocenters. The highest BCUT2D eigenvalue weighted by molar-refractivity contribution is 7.13. The minimum atomic E-state index is -1.21. The van der Waals surface area contributed by atoms with Crippen LogP contribution in [0.3, 0.4) is 0 Å². The molecule has 1 aromatic heterocycles. The lowest BCUT2D eigenvalue weighted by molar-refractivity contribution is -0.153. The van der Waals surface area contributed by atoms with Crippen molar-refractivity contribution in [3.05, 3.63) is 40.4 Å². The number of rotatable bonds is 6. The minimum absolute atomic E-state index is 0.00960. The van der Waals surface area contributed by atoms with Gasteiger partial charge in [-0.25, -0.2) is 9.78 Å². The summed E-state index contributed by atoms with van der Waals surface area (Å²) in [6.45, 7) is 4.19. The van der Waals surface area contributed by atoms with E-state index in [-0.39, 0.29) is 30.3 Å². The van der Waals surface area contributed by atoms with E-state index in [1.165, 1.54) is 4.90 Å². The van der Waals surface area contributed by atoms with Crippen LogP contribution in [0.15, 0.2) is 23.6 Å². The number of carbonyl (C=O) groups excluding carboxylic acids is 4. The fourth-order valence-electron chi connectivity index (χ4n) is 4.32. The number of hydrogen-bond acceptors (Lipinski definition) is 9. The van der Waals surface area contributed by atoms with E-state index in [0.29, 0.717) is 18.7 Å². The Labute approximate surface area is 206 Å². The molecule has 1 fully saturated rings. The Kier molecular flexibility index (Phi) is 7.08. The lowest BCUT2D eigenvalue weighted by Crippen LogP contribution is -2.58. The first-order chi connectivity index (χ1) is 16.7. The predicted molar refractivity (Wildman–Crippen MR) is 129 cm³/mol. The van der Waals surface area contributed by atoms with Gasteiger partial charge < -0.3 is 25.6 Å². The number of hydrogen-bond donors (Lipinski definition) is 3. The number of imide groups is 1. The first kappa shape index (κ1) is 24.7. The first-order valence-corrected chi connectivity index (χ1v) is 12.2. The summed E-state index contributed by atoms with van der Waals surface area (Å²) in [5.74, 6) is -2.11. The van der Waals surface area contributed by atoms with Crippen LogP contribution in [-0.2, 0) is 20.8 Å².